The third-order valence-electron chi connectivity index (χ3n) is 2.66. The van der Waals surface area contributed by atoms with E-state index in [9.17, 15) is 4.21 Å². The number of nitrogens with two attached hydrogens (primary N) is 1. The van der Waals surface area contributed by atoms with Crippen LogP contribution in [0, 0.1) is 0 Å². The highest BCUT2D eigenvalue weighted by Gasteiger charge is 2.07. The second kappa shape index (κ2) is 6.42. The van der Waals surface area contributed by atoms with E-state index in [1.54, 1.807) is 30.3 Å². The fraction of sp³-hybridized carbons (Fsp3) is 0.143. The van der Waals surface area contributed by atoms with Crippen LogP contribution >= 0.6 is 23.2 Å². The molecule has 0 radical (unpaired) electrons. The van der Waals surface area contributed by atoms with Gasteiger partial charge in [-0.25, -0.2) is 0 Å². The van der Waals surface area contributed by atoms with Crippen molar-refractivity contribution in [2.24, 2.45) is 0 Å². The van der Waals surface area contributed by atoms with Gasteiger partial charge < -0.3 is 5.73 Å². The van der Waals surface area contributed by atoms with Crippen molar-refractivity contribution in [1.82, 2.24) is 0 Å². The number of nitrogen functional groups attached to an aromatic ring is 1. The molecule has 2 rings (SSSR count). The van der Waals surface area contributed by atoms with E-state index in [0.29, 0.717) is 27.2 Å². The van der Waals surface area contributed by atoms with Gasteiger partial charge >= 0.3 is 0 Å². The smallest absolute Gasteiger partial charge is 0.0509 e. The molecule has 0 amide bonds. The van der Waals surface area contributed by atoms with Crippen LogP contribution in [0.4, 0.5) is 5.69 Å². The number of benzene rings is 2. The van der Waals surface area contributed by atoms with Crippen LogP contribution in [0.25, 0.3) is 0 Å². The van der Waals surface area contributed by atoms with E-state index in [4.69, 9.17) is 28.9 Å². The molecule has 0 saturated carbocycles. The molecule has 1 unspecified atom stereocenters. The molecule has 1 atom stereocenters. The first-order valence-corrected chi connectivity index (χ1v) is 7.92. The van der Waals surface area contributed by atoms with Crippen LogP contribution in [-0.2, 0) is 22.3 Å². The topological polar surface area (TPSA) is 43.1 Å². The molecule has 0 aliphatic rings. The van der Waals surface area contributed by atoms with Crippen molar-refractivity contribution in [2.75, 3.05) is 5.73 Å². The quantitative estimate of drug-likeness (QED) is 0.866. The molecule has 0 heterocycles. The molecular weight excluding hydrogens is 301 g/mol. The Morgan fingerprint density at radius 2 is 1.58 bits per heavy atom. The summed E-state index contributed by atoms with van der Waals surface area (Å²) in [4.78, 5) is 0. The molecule has 19 heavy (non-hydrogen) atoms. The minimum absolute atomic E-state index is 0.398. The number of anilines is 1. The van der Waals surface area contributed by atoms with E-state index < -0.39 is 10.8 Å². The summed E-state index contributed by atoms with van der Waals surface area (Å²) in [5, 5.41) is 1.28. The Kier molecular flexibility index (Phi) is 4.86. The molecule has 2 aromatic carbocycles. The molecule has 0 fully saturated rings. The minimum Gasteiger partial charge on any atom is -0.398 e. The fourth-order valence-corrected chi connectivity index (χ4v) is 3.27. The van der Waals surface area contributed by atoms with Crippen molar-refractivity contribution in [3.63, 3.8) is 0 Å². The number of hydrogen-bond acceptors (Lipinski definition) is 2. The van der Waals surface area contributed by atoms with Crippen molar-refractivity contribution < 1.29 is 4.21 Å². The van der Waals surface area contributed by atoms with Crippen LogP contribution in [-0.4, -0.2) is 4.21 Å². The van der Waals surface area contributed by atoms with E-state index in [1.807, 2.05) is 12.1 Å². The van der Waals surface area contributed by atoms with Crippen molar-refractivity contribution in [3.8, 4) is 0 Å². The van der Waals surface area contributed by atoms with Gasteiger partial charge in [0.2, 0.25) is 0 Å². The van der Waals surface area contributed by atoms with Gasteiger partial charge in [-0.15, -0.1) is 0 Å². The zero-order chi connectivity index (χ0) is 13.8. The Morgan fingerprint density at radius 1 is 0.947 bits per heavy atom. The van der Waals surface area contributed by atoms with Crippen LogP contribution in [0.15, 0.2) is 42.5 Å². The summed E-state index contributed by atoms with van der Waals surface area (Å²) in [6.07, 6.45) is 0. The van der Waals surface area contributed by atoms with Crippen LogP contribution in [0.2, 0.25) is 10.0 Å². The van der Waals surface area contributed by atoms with Crippen molar-refractivity contribution in [2.45, 2.75) is 11.5 Å². The lowest BCUT2D eigenvalue weighted by atomic mass is 10.2. The molecule has 100 valence electrons. The van der Waals surface area contributed by atoms with Crippen LogP contribution < -0.4 is 5.73 Å². The maximum absolute atomic E-state index is 12.1. The maximum Gasteiger partial charge on any atom is 0.0509 e. The van der Waals surface area contributed by atoms with Crippen LogP contribution in [0.1, 0.15) is 11.1 Å². The monoisotopic (exact) mass is 313 g/mol. The van der Waals surface area contributed by atoms with E-state index in [0.717, 1.165) is 11.1 Å². The van der Waals surface area contributed by atoms with Gasteiger partial charge in [0.25, 0.3) is 0 Å². The number of rotatable bonds is 4. The first-order chi connectivity index (χ1) is 9.04. The summed E-state index contributed by atoms with van der Waals surface area (Å²) in [5.74, 6) is 0.873. The molecule has 0 spiro atoms. The van der Waals surface area contributed by atoms with Crippen LogP contribution in [0.3, 0.4) is 0 Å². The lowest BCUT2D eigenvalue weighted by Gasteiger charge is -2.07. The third kappa shape index (κ3) is 4.23. The van der Waals surface area contributed by atoms with E-state index in [-0.39, 0.29) is 0 Å². The van der Waals surface area contributed by atoms with Gasteiger partial charge in [-0.05, 0) is 41.5 Å². The largest absolute Gasteiger partial charge is 0.398 e. The zero-order valence-electron chi connectivity index (χ0n) is 10.1. The fourth-order valence-electron chi connectivity index (χ4n) is 1.69. The van der Waals surface area contributed by atoms with Crippen molar-refractivity contribution in [3.05, 3.63) is 63.6 Å². The van der Waals surface area contributed by atoms with E-state index >= 15 is 0 Å². The molecule has 2 nitrogen and oxygen atoms in total. The Hall–Kier alpha value is -1.03. The summed E-state index contributed by atoms with van der Waals surface area (Å²) < 4.78 is 12.1. The zero-order valence-corrected chi connectivity index (χ0v) is 12.4. The molecule has 5 heteroatoms. The van der Waals surface area contributed by atoms with E-state index in [1.165, 1.54) is 0 Å². The third-order valence-corrected chi connectivity index (χ3v) is 4.44. The lowest BCUT2D eigenvalue weighted by molar-refractivity contribution is 0.682. The maximum atomic E-state index is 12.1. The molecule has 0 bridgehead atoms. The predicted molar refractivity (Wildman–Crippen MR) is 82.9 cm³/mol. The molecule has 0 aliphatic carbocycles. The lowest BCUT2D eigenvalue weighted by Crippen LogP contribution is -2.02. The Labute approximate surface area is 125 Å². The van der Waals surface area contributed by atoms with Gasteiger partial charge in [0, 0.05) is 32.3 Å². The summed E-state index contributed by atoms with van der Waals surface area (Å²) in [5.41, 5.74) is 8.27. The van der Waals surface area contributed by atoms with Gasteiger partial charge in [-0.2, -0.15) is 0 Å². The Bertz CT molecular complexity index is 599. The van der Waals surface area contributed by atoms with Crippen molar-refractivity contribution >= 4 is 39.7 Å². The predicted octanol–water partition coefficient (Wildman–Crippen LogP) is 4.02. The Balaban J connectivity index is 2.05. The molecule has 0 saturated heterocycles. The molecule has 0 aromatic heterocycles. The normalized spacial score (nSPS) is 12.3. The second-order valence-electron chi connectivity index (χ2n) is 4.20. The number of halogens is 2. The highest BCUT2D eigenvalue weighted by atomic mass is 35.5. The Morgan fingerprint density at radius 3 is 2.26 bits per heavy atom. The summed E-state index contributed by atoms with van der Waals surface area (Å²) in [7, 11) is -1.03. The summed E-state index contributed by atoms with van der Waals surface area (Å²) in [6.45, 7) is 0. The highest BCUT2D eigenvalue weighted by molar-refractivity contribution is 7.83. The first-order valence-electron chi connectivity index (χ1n) is 5.68. The van der Waals surface area contributed by atoms with Gasteiger partial charge in [-0.3, -0.25) is 4.21 Å². The number of hydrogen-bond donors (Lipinski definition) is 1. The van der Waals surface area contributed by atoms with Crippen LogP contribution in [0.5, 0.6) is 0 Å². The molecule has 0 aliphatic heterocycles. The highest BCUT2D eigenvalue weighted by Crippen LogP contribution is 2.20. The van der Waals surface area contributed by atoms with E-state index in [2.05, 4.69) is 0 Å². The van der Waals surface area contributed by atoms with Gasteiger partial charge in [0.05, 0.1) is 5.75 Å². The van der Waals surface area contributed by atoms with Gasteiger partial charge in [0.15, 0.2) is 0 Å². The average molecular weight is 314 g/mol. The molecule has 2 N–H and O–H groups in total. The SMILES string of the molecule is Nc1ccc(Cl)cc1CS(=O)Cc1ccc(Cl)cc1. The van der Waals surface area contributed by atoms with Gasteiger partial charge in [-0.1, -0.05) is 35.3 Å². The minimum atomic E-state index is -1.03. The summed E-state index contributed by atoms with van der Waals surface area (Å²) in [6, 6.07) is 12.6. The average Bonchev–Trinajstić information content (AvgIpc) is 2.37. The standard InChI is InChI=1S/C14H13Cl2NOS/c15-12-3-1-10(2-4-12)8-19(18)9-11-7-13(16)5-6-14(11)17/h1-7H,8-9,17H2. The molecular formula is C14H13Cl2NOS. The van der Waals surface area contributed by atoms with Crippen molar-refractivity contribution in [1.29, 1.82) is 0 Å². The second-order valence-corrected chi connectivity index (χ2v) is 6.53. The van der Waals surface area contributed by atoms with Gasteiger partial charge in [0.1, 0.15) is 0 Å². The summed E-state index contributed by atoms with van der Waals surface area (Å²) >= 11 is 11.7. The first kappa shape index (κ1) is 14.4. The molecule has 2 aromatic rings.